The highest BCUT2D eigenvalue weighted by Gasteiger charge is 2.06. The topological polar surface area (TPSA) is 9.23 Å². The predicted molar refractivity (Wildman–Crippen MR) is 64.9 cm³/mol. The van der Waals surface area contributed by atoms with Crippen LogP contribution in [-0.4, -0.2) is 13.4 Å². The Kier molecular flexibility index (Phi) is 2.70. The zero-order valence-corrected chi connectivity index (χ0v) is 10.1. The lowest BCUT2D eigenvalue weighted by Crippen LogP contribution is -1.83. The van der Waals surface area contributed by atoms with Gasteiger partial charge in [-0.25, -0.2) is 0 Å². The molecule has 2 rings (SSSR count). The minimum Gasteiger partial charge on any atom is -0.496 e. The van der Waals surface area contributed by atoms with Gasteiger partial charge < -0.3 is 4.74 Å². The maximum atomic E-state index is 5.38. The normalized spacial score (nSPS) is 10.8. The number of hydrogen-bond acceptors (Lipinski definition) is 3. The van der Waals surface area contributed by atoms with E-state index in [1.807, 2.05) is 11.3 Å². The summed E-state index contributed by atoms with van der Waals surface area (Å²) in [5, 5.41) is 1.23. The molecule has 0 aliphatic heterocycles. The highest BCUT2D eigenvalue weighted by Crippen LogP contribution is 2.36. The number of hydrogen-bond donors (Lipinski definition) is 0. The smallest absolute Gasteiger partial charge is 0.128 e. The largest absolute Gasteiger partial charge is 0.496 e. The van der Waals surface area contributed by atoms with E-state index in [4.69, 9.17) is 4.74 Å². The average Bonchev–Trinajstić information content (AvgIpc) is 2.56. The first-order chi connectivity index (χ1) is 6.74. The van der Waals surface area contributed by atoms with Gasteiger partial charge in [-0.3, -0.25) is 0 Å². The standard InChI is InChI=1S/C11H12OS2/c1-7-4-9-10(12-2)5-8(13-3)6-11(9)14-7/h4-6H,1-3H3. The maximum absolute atomic E-state index is 5.38. The summed E-state index contributed by atoms with van der Waals surface area (Å²) >= 11 is 3.57. The molecule has 0 atom stereocenters. The zero-order valence-electron chi connectivity index (χ0n) is 8.46. The van der Waals surface area contributed by atoms with Gasteiger partial charge in [-0.1, -0.05) is 0 Å². The summed E-state index contributed by atoms with van der Waals surface area (Å²) in [5.41, 5.74) is 0. The molecule has 14 heavy (non-hydrogen) atoms. The Labute approximate surface area is 92.1 Å². The quantitative estimate of drug-likeness (QED) is 0.715. The highest BCUT2D eigenvalue weighted by atomic mass is 32.2. The second-order valence-corrected chi connectivity index (χ2v) is 5.27. The van der Waals surface area contributed by atoms with Crippen LogP contribution in [0.15, 0.2) is 23.1 Å². The van der Waals surface area contributed by atoms with E-state index in [2.05, 4.69) is 31.4 Å². The summed E-state index contributed by atoms with van der Waals surface area (Å²) in [6.45, 7) is 2.13. The second-order valence-electron chi connectivity index (χ2n) is 3.10. The number of aryl methyl sites for hydroxylation is 1. The molecule has 0 aliphatic carbocycles. The van der Waals surface area contributed by atoms with Crippen LogP contribution in [0, 0.1) is 6.92 Å². The first-order valence-corrected chi connectivity index (χ1v) is 6.41. The number of thioether (sulfide) groups is 1. The van der Waals surface area contributed by atoms with Crippen LogP contribution < -0.4 is 4.74 Å². The summed E-state index contributed by atoms with van der Waals surface area (Å²) in [5.74, 6) is 0.983. The molecule has 0 spiro atoms. The van der Waals surface area contributed by atoms with Crippen LogP contribution in [0.4, 0.5) is 0 Å². The molecule has 3 heteroatoms. The number of methoxy groups -OCH3 is 1. The number of ether oxygens (including phenoxy) is 1. The van der Waals surface area contributed by atoms with Crippen molar-refractivity contribution in [2.24, 2.45) is 0 Å². The first-order valence-electron chi connectivity index (χ1n) is 4.37. The van der Waals surface area contributed by atoms with Gasteiger partial charge in [0.25, 0.3) is 0 Å². The van der Waals surface area contributed by atoms with E-state index < -0.39 is 0 Å². The van der Waals surface area contributed by atoms with Gasteiger partial charge in [0, 0.05) is 19.9 Å². The highest BCUT2D eigenvalue weighted by molar-refractivity contribution is 7.98. The van der Waals surface area contributed by atoms with Crippen molar-refractivity contribution < 1.29 is 4.74 Å². The van der Waals surface area contributed by atoms with Gasteiger partial charge in [-0.2, -0.15) is 0 Å². The fraction of sp³-hybridized carbons (Fsp3) is 0.273. The summed E-state index contributed by atoms with van der Waals surface area (Å²) in [6.07, 6.45) is 2.08. The van der Waals surface area contributed by atoms with Gasteiger partial charge in [0.1, 0.15) is 5.75 Å². The molecule has 0 bridgehead atoms. The van der Waals surface area contributed by atoms with E-state index in [1.165, 1.54) is 19.9 Å². The van der Waals surface area contributed by atoms with Crippen LogP contribution in [0.1, 0.15) is 4.88 Å². The van der Waals surface area contributed by atoms with Crippen molar-refractivity contribution in [1.29, 1.82) is 0 Å². The third-order valence-corrected chi connectivity index (χ3v) is 3.86. The van der Waals surface area contributed by atoms with Gasteiger partial charge in [-0.05, 0) is 31.4 Å². The van der Waals surface area contributed by atoms with Crippen LogP contribution in [0.25, 0.3) is 10.1 Å². The number of thiophene rings is 1. The van der Waals surface area contributed by atoms with Gasteiger partial charge in [0.05, 0.1) is 7.11 Å². The number of rotatable bonds is 2. The van der Waals surface area contributed by atoms with E-state index in [9.17, 15) is 0 Å². The molecule has 0 saturated heterocycles. The van der Waals surface area contributed by atoms with E-state index in [1.54, 1.807) is 18.9 Å². The van der Waals surface area contributed by atoms with Gasteiger partial charge in [0.15, 0.2) is 0 Å². The van der Waals surface area contributed by atoms with E-state index in [0.29, 0.717) is 0 Å². The molecule has 1 aromatic carbocycles. The van der Waals surface area contributed by atoms with Crippen molar-refractivity contribution in [2.45, 2.75) is 11.8 Å². The van der Waals surface area contributed by atoms with Crippen LogP contribution in [0.5, 0.6) is 5.75 Å². The molecule has 1 heterocycles. The molecule has 0 N–H and O–H groups in total. The Morgan fingerprint density at radius 3 is 2.71 bits per heavy atom. The Hall–Kier alpha value is -0.670. The molecule has 74 valence electrons. The Morgan fingerprint density at radius 1 is 1.29 bits per heavy atom. The molecule has 0 amide bonds. The van der Waals surface area contributed by atoms with Crippen LogP contribution in [0.2, 0.25) is 0 Å². The molecule has 0 fully saturated rings. The van der Waals surface area contributed by atoms with Crippen molar-refractivity contribution >= 4 is 33.2 Å². The lowest BCUT2D eigenvalue weighted by atomic mass is 10.2. The molecule has 1 aromatic heterocycles. The molecule has 2 aromatic rings. The van der Waals surface area contributed by atoms with Crippen LogP contribution in [-0.2, 0) is 0 Å². The van der Waals surface area contributed by atoms with Crippen molar-refractivity contribution in [2.75, 3.05) is 13.4 Å². The Bertz CT molecular complexity index is 460. The van der Waals surface area contributed by atoms with E-state index in [0.717, 1.165) is 5.75 Å². The molecule has 0 aliphatic rings. The van der Waals surface area contributed by atoms with Crippen molar-refractivity contribution in [3.05, 3.63) is 23.1 Å². The Balaban J connectivity index is 2.72. The SMILES string of the molecule is COc1cc(SC)cc2sc(C)cc12. The number of fused-ring (bicyclic) bond motifs is 1. The zero-order chi connectivity index (χ0) is 10.1. The van der Waals surface area contributed by atoms with Crippen molar-refractivity contribution in [3.63, 3.8) is 0 Å². The molecule has 0 unspecified atom stereocenters. The molecular weight excluding hydrogens is 212 g/mol. The van der Waals surface area contributed by atoms with E-state index >= 15 is 0 Å². The third kappa shape index (κ3) is 1.62. The monoisotopic (exact) mass is 224 g/mol. The maximum Gasteiger partial charge on any atom is 0.128 e. The van der Waals surface area contributed by atoms with Gasteiger partial charge in [-0.15, -0.1) is 23.1 Å². The Morgan fingerprint density at radius 2 is 2.07 bits per heavy atom. The summed E-state index contributed by atoms with van der Waals surface area (Å²) < 4.78 is 6.69. The first kappa shape index (κ1) is 9.87. The van der Waals surface area contributed by atoms with Crippen LogP contribution >= 0.6 is 23.1 Å². The second kappa shape index (κ2) is 3.83. The molecule has 1 nitrogen and oxygen atoms in total. The minimum absolute atomic E-state index is 0.983. The molecular formula is C11H12OS2. The number of benzene rings is 1. The fourth-order valence-corrected chi connectivity index (χ4v) is 3.01. The van der Waals surface area contributed by atoms with E-state index in [-0.39, 0.29) is 0 Å². The van der Waals surface area contributed by atoms with Crippen molar-refractivity contribution in [3.8, 4) is 5.75 Å². The lowest BCUT2D eigenvalue weighted by molar-refractivity contribution is 0.419. The summed E-state index contributed by atoms with van der Waals surface area (Å²) in [4.78, 5) is 2.59. The van der Waals surface area contributed by atoms with Gasteiger partial charge >= 0.3 is 0 Å². The molecule has 0 radical (unpaired) electrons. The minimum atomic E-state index is 0.983. The summed E-state index contributed by atoms with van der Waals surface area (Å²) in [6, 6.07) is 6.50. The third-order valence-electron chi connectivity index (χ3n) is 2.15. The van der Waals surface area contributed by atoms with Gasteiger partial charge in [0.2, 0.25) is 0 Å². The summed E-state index contributed by atoms with van der Waals surface area (Å²) in [7, 11) is 1.73. The lowest BCUT2D eigenvalue weighted by Gasteiger charge is -2.03. The average molecular weight is 224 g/mol. The van der Waals surface area contributed by atoms with Crippen LogP contribution in [0.3, 0.4) is 0 Å². The predicted octanol–water partition coefficient (Wildman–Crippen LogP) is 3.94. The van der Waals surface area contributed by atoms with Crippen molar-refractivity contribution in [1.82, 2.24) is 0 Å². The fourth-order valence-electron chi connectivity index (χ4n) is 1.50. The molecule has 0 saturated carbocycles.